The van der Waals surface area contributed by atoms with Crippen molar-refractivity contribution in [3.8, 4) is 5.75 Å². The zero-order valence-electron chi connectivity index (χ0n) is 13.2. The molecule has 0 aromatic heterocycles. The second-order valence-corrected chi connectivity index (χ2v) is 5.40. The molecule has 4 nitrogen and oxygen atoms in total. The molecular weight excluding hydrogens is 276 g/mol. The molecule has 2 aromatic rings. The van der Waals surface area contributed by atoms with Crippen molar-refractivity contribution >= 4 is 17.3 Å². The second-order valence-electron chi connectivity index (χ2n) is 5.40. The Bertz CT molecular complexity index is 636. The minimum Gasteiger partial charge on any atom is -0.506 e. The zero-order valence-corrected chi connectivity index (χ0v) is 13.2. The Morgan fingerprint density at radius 1 is 1.14 bits per heavy atom. The number of nitrogens with zero attached hydrogens (tertiary/aromatic N) is 1. The van der Waals surface area contributed by atoms with Crippen molar-refractivity contribution in [2.24, 2.45) is 0 Å². The molecule has 1 amide bonds. The summed E-state index contributed by atoms with van der Waals surface area (Å²) in [5.41, 5.74) is 2.07. The monoisotopic (exact) mass is 298 g/mol. The smallest absolute Gasteiger partial charge is 0.255 e. The van der Waals surface area contributed by atoms with Gasteiger partial charge in [-0.3, -0.25) is 4.79 Å². The molecule has 0 radical (unpaired) electrons. The van der Waals surface area contributed by atoms with Gasteiger partial charge in [-0.2, -0.15) is 0 Å². The van der Waals surface area contributed by atoms with Crippen molar-refractivity contribution in [1.29, 1.82) is 0 Å². The van der Waals surface area contributed by atoms with E-state index in [-0.39, 0.29) is 11.7 Å². The number of amides is 1. The number of rotatable bonds is 5. The van der Waals surface area contributed by atoms with Gasteiger partial charge in [-0.05, 0) is 57.2 Å². The normalized spacial score (nSPS) is 10.5. The van der Waals surface area contributed by atoms with E-state index in [1.165, 1.54) is 0 Å². The molecule has 0 aliphatic carbocycles. The van der Waals surface area contributed by atoms with E-state index in [2.05, 4.69) is 31.0 Å². The van der Waals surface area contributed by atoms with Gasteiger partial charge in [-0.15, -0.1) is 0 Å². The molecule has 0 heterocycles. The minimum atomic E-state index is -0.236. The first-order valence-corrected chi connectivity index (χ1v) is 7.49. The molecule has 22 heavy (non-hydrogen) atoms. The molecule has 0 unspecified atom stereocenters. The summed E-state index contributed by atoms with van der Waals surface area (Å²) < 4.78 is 0. The molecule has 0 aliphatic rings. The number of carbonyl (C=O) groups excluding carboxylic acids is 1. The van der Waals surface area contributed by atoms with Crippen LogP contribution in [-0.4, -0.2) is 23.6 Å². The summed E-state index contributed by atoms with van der Waals surface area (Å²) in [6.07, 6.45) is 0. The number of anilines is 2. The standard InChI is InChI=1S/C18H22N2O2/c1-4-20(13(2)3)15-11-9-14(10-12-15)18(22)19-16-7-5-6-8-17(16)21/h5-13,21H,4H2,1-3H3,(H,19,22). The molecule has 2 aromatic carbocycles. The number of para-hydroxylation sites is 2. The Morgan fingerprint density at radius 3 is 2.32 bits per heavy atom. The molecule has 0 aliphatic heterocycles. The Hall–Kier alpha value is -2.49. The van der Waals surface area contributed by atoms with Gasteiger partial charge in [0.05, 0.1) is 5.69 Å². The summed E-state index contributed by atoms with van der Waals surface area (Å²) in [5, 5.41) is 12.4. The number of aromatic hydroxyl groups is 1. The minimum absolute atomic E-state index is 0.0597. The van der Waals surface area contributed by atoms with Crippen LogP contribution in [0.3, 0.4) is 0 Å². The van der Waals surface area contributed by atoms with Gasteiger partial charge in [0.15, 0.2) is 0 Å². The van der Waals surface area contributed by atoms with Crippen LogP contribution in [0.15, 0.2) is 48.5 Å². The lowest BCUT2D eigenvalue weighted by Crippen LogP contribution is -2.30. The molecule has 0 bridgehead atoms. The zero-order chi connectivity index (χ0) is 16.1. The van der Waals surface area contributed by atoms with Gasteiger partial charge in [0, 0.05) is 23.8 Å². The highest BCUT2D eigenvalue weighted by Crippen LogP contribution is 2.23. The number of phenols is 1. The number of carbonyl (C=O) groups is 1. The van der Waals surface area contributed by atoms with Crippen molar-refractivity contribution < 1.29 is 9.90 Å². The van der Waals surface area contributed by atoms with Crippen molar-refractivity contribution in [1.82, 2.24) is 0 Å². The predicted octanol–water partition coefficient (Wildman–Crippen LogP) is 3.88. The highest BCUT2D eigenvalue weighted by Gasteiger charge is 2.11. The van der Waals surface area contributed by atoms with E-state index in [0.717, 1.165) is 12.2 Å². The van der Waals surface area contributed by atoms with Crippen molar-refractivity contribution in [2.45, 2.75) is 26.8 Å². The van der Waals surface area contributed by atoms with Gasteiger partial charge in [0.1, 0.15) is 5.75 Å². The molecule has 0 saturated carbocycles. The lowest BCUT2D eigenvalue weighted by Gasteiger charge is -2.27. The van der Waals surface area contributed by atoms with Crippen LogP contribution in [-0.2, 0) is 0 Å². The quantitative estimate of drug-likeness (QED) is 0.824. The van der Waals surface area contributed by atoms with E-state index in [0.29, 0.717) is 17.3 Å². The van der Waals surface area contributed by atoms with Crippen LogP contribution in [0.4, 0.5) is 11.4 Å². The third-order valence-electron chi connectivity index (χ3n) is 3.58. The largest absolute Gasteiger partial charge is 0.506 e. The van der Waals surface area contributed by atoms with Crippen LogP contribution in [0.2, 0.25) is 0 Å². The summed E-state index contributed by atoms with van der Waals surface area (Å²) in [6.45, 7) is 7.31. The summed E-state index contributed by atoms with van der Waals surface area (Å²) >= 11 is 0. The summed E-state index contributed by atoms with van der Waals surface area (Å²) in [5.74, 6) is -0.176. The molecular formula is C18H22N2O2. The van der Waals surface area contributed by atoms with E-state index in [1.54, 1.807) is 36.4 Å². The Balaban J connectivity index is 2.13. The Kier molecular flexibility index (Phi) is 5.04. The summed E-state index contributed by atoms with van der Waals surface area (Å²) in [4.78, 5) is 14.5. The number of hydrogen-bond donors (Lipinski definition) is 2. The van der Waals surface area contributed by atoms with Gasteiger partial charge in [-0.1, -0.05) is 12.1 Å². The van der Waals surface area contributed by atoms with Crippen molar-refractivity contribution in [2.75, 3.05) is 16.8 Å². The highest BCUT2D eigenvalue weighted by atomic mass is 16.3. The van der Waals surface area contributed by atoms with Crippen LogP contribution in [0.1, 0.15) is 31.1 Å². The first-order chi connectivity index (χ1) is 10.5. The van der Waals surface area contributed by atoms with Crippen molar-refractivity contribution in [3.05, 3.63) is 54.1 Å². The molecule has 4 heteroatoms. The van der Waals surface area contributed by atoms with Gasteiger partial charge in [0.25, 0.3) is 5.91 Å². The fourth-order valence-corrected chi connectivity index (χ4v) is 2.42. The third-order valence-corrected chi connectivity index (χ3v) is 3.58. The van der Waals surface area contributed by atoms with Gasteiger partial charge >= 0.3 is 0 Å². The van der Waals surface area contributed by atoms with E-state index >= 15 is 0 Å². The lowest BCUT2D eigenvalue weighted by atomic mass is 10.1. The lowest BCUT2D eigenvalue weighted by molar-refractivity contribution is 0.102. The van der Waals surface area contributed by atoms with Gasteiger partial charge in [-0.25, -0.2) is 0 Å². The van der Waals surface area contributed by atoms with Crippen LogP contribution in [0.5, 0.6) is 5.75 Å². The van der Waals surface area contributed by atoms with Gasteiger partial charge < -0.3 is 15.3 Å². The van der Waals surface area contributed by atoms with Crippen LogP contribution in [0.25, 0.3) is 0 Å². The van der Waals surface area contributed by atoms with E-state index in [9.17, 15) is 9.90 Å². The fraction of sp³-hybridized carbons (Fsp3) is 0.278. The SMILES string of the molecule is CCN(c1ccc(C(=O)Nc2ccccc2O)cc1)C(C)C. The number of hydrogen-bond acceptors (Lipinski definition) is 3. The highest BCUT2D eigenvalue weighted by molar-refractivity contribution is 6.05. The number of phenolic OH excluding ortho intramolecular Hbond substituents is 1. The maximum Gasteiger partial charge on any atom is 0.255 e. The summed E-state index contributed by atoms with van der Waals surface area (Å²) in [6, 6.07) is 14.6. The average molecular weight is 298 g/mol. The molecule has 116 valence electrons. The molecule has 2 N–H and O–H groups in total. The Morgan fingerprint density at radius 2 is 1.77 bits per heavy atom. The average Bonchev–Trinajstić information content (AvgIpc) is 2.50. The van der Waals surface area contributed by atoms with Gasteiger partial charge in [0.2, 0.25) is 0 Å². The fourth-order valence-electron chi connectivity index (χ4n) is 2.42. The molecule has 2 rings (SSSR count). The van der Waals surface area contributed by atoms with E-state index < -0.39 is 0 Å². The molecule has 0 fully saturated rings. The van der Waals surface area contributed by atoms with E-state index in [4.69, 9.17) is 0 Å². The first kappa shape index (κ1) is 15.9. The van der Waals surface area contributed by atoms with Crippen LogP contribution < -0.4 is 10.2 Å². The molecule has 0 spiro atoms. The number of benzene rings is 2. The van der Waals surface area contributed by atoms with Crippen LogP contribution in [0, 0.1) is 0 Å². The Labute approximate surface area is 131 Å². The van der Waals surface area contributed by atoms with Crippen LogP contribution >= 0.6 is 0 Å². The first-order valence-electron chi connectivity index (χ1n) is 7.49. The maximum absolute atomic E-state index is 12.2. The summed E-state index contributed by atoms with van der Waals surface area (Å²) in [7, 11) is 0. The second kappa shape index (κ2) is 6.98. The topological polar surface area (TPSA) is 52.6 Å². The maximum atomic E-state index is 12.2. The molecule has 0 atom stereocenters. The number of nitrogens with one attached hydrogen (secondary N) is 1. The van der Waals surface area contributed by atoms with Crippen molar-refractivity contribution in [3.63, 3.8) is 0 Å². The van der Waals surface area contributed by atoms with E-state index in [1.807, 2.05) is 12.1 Å². The predicted molar refractivity (Wildman–Crippen MR) is 90.7 cm³/mol. The third kappa shape index (κ3) is 3.58. The molecule has 0 saturated heterocycles.